The van der Waals surface area contributed by atoms with Crippen molar-refractivity contribution in [3.63, 3.8) is 0 Å². The molecule has 0 aliphatic heterocycles. The second kappa shape index (κ2) is 9.01. The quantitative estimate of drug-likeness (QED) is 0.156. The molecule has 9 rings (SSSR count). The minimum atomic E-state index is -0.194. The highest BCUT2D eigenvalue weighted by Gasteiger charge is 2.20. The molecule has 0 atom stereocenters. The molecule has 0 aromatic heterocycles. The summed E-state index contributed by atoms with van der Waals surface area (Å²) < 4.78 is 20.8. The zero-order chi connectivity index (χ0) is 28.7. The lowest BCUT2D eigenvalue weighted by molar-refractivity contribution is 0.424. The van der Waals surface area contributed by atoms with Gasteiger partial charge in [0.2, 0.25) is 0 Å². The molecule has 0 spiro atoms. The summed E-state index contributed by atoms with van der Waals surface area (Å²) in [7, 11) is 1.76. The number of halogens is 1. The third-order valence-electron chi connectivity index (χ3n) is 9.18. The molecule has 0 fully saturated rings. The summed E-state index contributed by atoms with van der Waals surface area (Å²) in [5.41, 5.74) is 4.58. The van der Waals surface area contributed by atoms with Gasteiger partial charge in [0.15, 0.2) is 0 Å². The Morgan fingerprint density at radius 1 is 0.395 bits per heavy atom. The van der Waals surface area contributed by atoms with Crippen LogP contribution in [0.3, 0.4) is 0 Å². The number of hydrogen-bond donors (Lipinski definition) is 0. The predicted molar refractivity (Wildman–Crippen MR) is 180 cm³/mol. The number of fused-ring (bicyclic) bond motifs is 3. The minimum absolute atomic E-state index is 0.194. The molecule has 0 saturated carbocycles. The van der Waals surface area contributed by atoms with Crippen LogP contribution in [0.15, 0.2) is 133 Å². The topological polar surface area (TPSA) is 9.23 Å². The Kier molecular flexibility index (Phi) is 5.06. The second-order valence-electron chi connectivity index (χ2n) is 11.3. The monoisotopic (exact) mass is 552 g/mol. The number of rotatable bonds is 3. The van der Waals surface area contributed by atoms with Gasteiger partial charge in [0, 0.05) is 16.2 Å². The lowest BCUT2D eigenvalue weighted by Crippen LogP contribution is -1.93. The summed E-state index contributed by atoms with van der Waals surface area (Å²) in [5, 5.41) is 13.4. The molecule has 2 heteroatoms. The highest BCUT2D eigenvalue weighted by atomic mass is 19.1. The SMILES string of the molecule is COc1c2ccccc2c(-c2ccc3ccc4c(-c5ccc(F)c6ccccc56)ccc5ccc2c3c54)c2ccccc12. The van der Waals surface area contributed by atoms with E-state index >= 15 is 0 Å². The molecule has 0 amide bonds. The summed E-state index contributed by atoms with van der Waals surface area (Å²) in [6, 6.07) is 46.3. The molecule has 0 N–H and O–H groups in total. The molecule has 9 aromatic carbocycles. The third-order valence-corrected chi connectivity index (χ3v) is 9.18. The van der Waals surface area contributed by atoms with Crippen molar-refractivity contribution in [1.82, 2.24) is 0 Å². The van der Waals surface area contributed by atoms with Crippen molar-refractivity contribution in [3.8, 4) is 28.0 Å². The van der Waals surface area contributed by atoms with Crippen molar-refractivity contribution in [2.24, 2.45) is 0 Å². The summed E-state index contributed by atoms with van der Waals surface area (Å²) >= 11 is 0. The number of methoxy groups -OCH3 is 1. The zero-order valence-corrected chi connectivity index (χ0v) is 23.5. The van der Waals surface area contributed by atoms with Crippen LogP contribution in [-0.2, 0) is 0 Å². The van der Waals surface area contributed by atoms with Gasteiger partial charge in [-0.3, -0.25) is 0 Å². The van der Waals surface area contributed by atoms with E-state index in [0.717, 1.165) is 33.0 Å². The summed E-state index contributed by atoms with van der Waals surface area (Å²) in [5.74, 6) is 0.712. The largest absolute Gasteiger partial charge is 0.495 e. The van der Waals surface area contributed by atoms with E-state index in [0.29, 0.717) is 5.39 Å². The van der Waals surface area contributed by atoms with Crippen LogP contribution < -0.4 is 4.74 Å². The molecular formula is C41H25FO. The van der Waals surface area contributed by atoms with Crippen LogP contribution in [0.1, 0.15) is 0 Å². The van der Waals surface area contributed by atoms with Gasteiger partial charge in [-0.1, -0.05) is 127 Å². The Labute approximate surface area is 247 Å². The van der Waals surface area contributed by atoms with E-state index in [1.165, 1.54) is 54.2 Å². The highest BCUT2D eigenvalue weighted by Crippen LogP contribution is 2.48. The standard InChI is InChI=1S/C41H25FO/c1-43-41-35-12-6-4-10-30(35)40(31-11-5-7-13-36(31)41)34-21-17-25-15-19-32-28(18-14-24-16-20-33(34)39(25)38(24)32)27-22-23-37(42)29-9-3-2-8-26(27)29/h2-23H,1H3. The van der Waals surface area contributed by atoms with E-state index in [1.807, 2.05) is 30.3 Å². The third kappa shape index (κ3) is 3.32. The van der Waals surface area contributed by atoms with Crippen molar-refractivity contribution >= 4 is 64.6 Å². The van der Waals surface area contributed by atoms with Crippen molar-refractivity contribution in [2.45, 2.75) is 0 Å². The maximum absolute atomic E-state index is 14.8. The molecular weight excluding hydrogens is 527 g/mol. The van der Waals surface area contributed by atoms with Crippen LogP contribution in [0.2, 0.25) is 0 Å². The molecule has 0 unspecified atom stereocenters. The van der Waals surface area contributed by atoms with E-state index in [4.69, 9.17) is 4.74 Å². The minimum Gasteiger partial charge on any atom is -0.495 e. The molecule has 0 heterocycles. The van der Waals surface area contributed by atoms with Crippen molar-refractivity contribution < 1.29 is 9.13 Å². The molecule has 0 bridgehead atoms. The summed E-state index contributed by atoms with van der Waals surface area (Å²) in [6.45, 7) is 0. The van der Waals surface area contributed by atoms with Crippen molar-refractivity contribution in [2.75, 3.05) is 7.11 Å². The van der Waals surface area contributed by atoms with E-state index in [1.54, 1.807) is 13.2 Å². The first-order valence-electron chi connectivity index (χ1n) is 14.6. The summed E-state index contributed by atoms with van der Waals surface area (Å²) in [6.07, 6.45) is 0. The first-order chi connectivity index (χ1) is 21.2. The van der Waals surface area contributed by atoms with Gasteiger partial charge in [0.25, 0.3) is 0 Å². The van der Waals surface area contributed by atoms with Crippen LogP contribution in [0.25, 0.3) is 86.9 Å². The van der Waals surface area contributed by atoms with Gasteiger partial charge < -0.3 is 4.74 Å². The molecule has 1 nitrogen and oxygen atoms in total. The first kappa shape index (κ1) is 24.2. The maximum Gasteiger partial charge on any atom is 0.134 e. The van der Waals surface area contributed by atoms with Crippen LogP contribution in [-0.4, -0.2) is 7.11 Å². The van der Waals surface area contributed by atoms with Crippen LogP contribution in [0.5, 0.6) is 5.75 Å². The van der Waals surface area contributed by atoms with Crippen molar-refractivity contribution in [1.29, 1.82) is 0 Å². The van der Waals surface area contributed by atoms with Crippen LogP contribution in [0, 0.1) is 5.82 Å². The Hall–Kier alpha value is -5.47. The van der Waals surface area contributed by atoms with Gasteiger partial charge >= 0.3 is 0 Å². The molecule has 43 heavy (non-hydrogen) atoms. The average molecular weight is 553 g/mol. The van der Waals surface area contributed by atoms with Gasteiger partial charge in [0.1, 0.15) is 11.6 Å². The molecule has 0 radical (unpaired) electrons. The molecule has 202 valence electrons. The summed E-state index contributed by atoms with van der Waals surface area (Å²) in [4.78, 5) is 0. The zero-order valence-electron chi connectivity index (χ0n) is 23.5. The van der Waals surface area contributed by atoms with Gasteiger partial charge in [-0.2, -0.15) is 0 Å². The Bertz CT molecular complexity index is 2500. The van der Waals surface area contributed by atoms with E-state index < -0.39 is 0 Å². The first-order valence-corrected chi connectivity index (χ1v) is 14.6. The van der Waals surface area contributed by atoms with Gasteiger partial charge in [-0.25, -0.2) is 4.39 Å². The fourth-order valence-corrected chi connectivity index (χ4v) is 7.35. The van der Waals surface area contributed by atoms with Gasteiger partial charge in [-0.05, 0) is 76.8 Å². The van der Waals surface area contributed by atoms with E-state index in [-0.39, 0.29) is 5.82 Å². The van der Waals surface area contributed by atoms with Gasteiger partial charge in [0.05, 0.1) is 7.11 Å². The lowest BCUT2D eigenvalue weighted by Gasteiger charge is -2.20. The van der Waals surface area contributed by atoms with Gasteiger partial charge in [-0.15, -0.1) is 0 Å². The van der Waals surface area contributed by atoms with Crippen LogP contribution in [0.4, 0.5) is 4.39 Å². The number of ether oxygens (including phenoxy) is 1. The number of benzene rings is 9. The highest BCUT2D eigenvalue weighted by molar-refractivity contribution is 6.30. The fourth-order valence-electron chi connectivity index (χ4n) is 7.35. The maximum atomic E-state index is 14.8. The number of hydrogen-bond acceptors (Lipinski definition) is 1. The molecule has 0 saturated heterocycles. The second-order valence-corrected chi connectivity index (χ2v) is 11.3. The predicted octanol–water partition coefficient (Wildman–Crippen LogP) is 11.5. The Balaban J connectivity index is 1.42. The van der Waals surface area contributed by atoms with Crippen molar-refractivity contribution in [3.05, 3.63) is 139 Å². The normalized spacial score (nSPS) is 12.0. The lowest BCUT2D eigenvalue weighted by atomic mass is 9.84. The molecule has 0 aliphatic rings. The van der Waals surface area contributed by atoms with E-state index in [9.17, 15) is 4.39 Å². The fraction of sp³-hybridized carbons (Fsp3) is 0.0244. The molecule has 0 aliphatic carbocycles. The Morgan fingerprint density at radius 3 is 1.44 bits per heavy atom. The Morgan fingerprint density at radius 2 is 0.837 bits per heavy atom. The van der Waals surface area contributed by atoms with E-state index in [2.05, 4.69) is 97.1 Å². The molecule has 9 aromatic rings. The average Bonchev–Trinajstić information content (AvgIpc) is 3.06. The smallest absolute Gasteiger partial charge is 0.134 e. The van der Waals surface area contributed by atoms with Crippen LogP contribution >= 0.6 is 0 Å².